The Kier molecular flexibility index (Phi) is 5.39. The number of aromatic nitrogens is 3. The first kappa shape index (κ1) is 22.0. The third kappa shape index (κ3) is 3.54. The minimum Gasteiger partial charge on any atom is -0.494 e. The van der Waals surface area contributed by atoms with Crippen LogP contribution in [0.15, 0.2) is 48.7 Å². The van der Waals surface area contributed by atoms with Gasteiger partial charge in [-0.1, -0.05) is 24.3 Å². The Bertz CT molecular complexity index is 1410. The lowest BCUT2D eigenvalue weighted by molar-refractivity contribution is 0.336. The van der Waals surface area contributed by atoms with Gasteiger partial charge >= 0.3 is 0 Å². The third-order valence-electron chi connectivity index (χ3n) is 7.85. The highest BCUT2D eigenvalue weighted by Crippen LogP contribution is 2.44. The monoisotopic (exact) mass is 468 g/mol. The van der Waals surface area contributed by atoms with Crippen molar-refractivity contribution in [1.82, 2.24) is 14.8 Å². The minimum absolute atomic E-state index is 0.562. The van der Waals surface area contributed by atoms with Gasteiger partial charge in [0.25, 0.3) is 0 Å². The van der Waals surface area contributed by atoms with Crippen LogP contribution >= 0.6 is 0 Å². The molecule has 2 aromatic carbocycles. The van der Waals surface area contributed by atoms with Crippen LogP contribution in [0.4, 0.5) is 5.82 Å². The van der Waals surface area contributed by atoms with Gasteiger partial charge in [0.1, 0.15) is 11.5 Å². The standard InChI is InChI=1S/C29H32N4O2/c1-5-35-22-12-13-26(27(14-22)34-4)33-17-25-28(19(33)3)18(2)30-31-29(25)32-15-21-11-10-20-8-6-7-9-23(20)24(21)16-32/h6-9,12-14,17,21,24H,5,10-11,15-16H2,1-4H3. The first-order chi connectivity index (χ1) is 17.1. The second-order valence-corrected chi connectivity index (χ2v) is 9.76. The van der Waals surface area contributed by atoms with Crippen molar-refractivity contribution < 1.29 is 9.47 Å². The van der Waals surface area contributed by atoms with Crippen molar-refractivity contribution in [3.05, 3.63) is 71.2 Å². The van der Waals surface area contributed by atoms with E-state index in [0.717, 1.165) is 52.9 Å². The molecule has 2 aliphatic rings. The summed E-state index contributed by atoms with van der Waals surface area (Å²) in [5, 5.41) is 11.7. The summed E-state index contributed by atoms with van der Waals surface area (Å²) in [6, 6.07) is 15.0. The fourth-order valence-electron chi connectivity index (χ4n) is 6.21. The van der Waals surface area contributed by atoms with Gasteiger partial charge in [-0.3, -0.25) is 0 Å². The second kappa shape index (κ2) is 8.59. The van der Waals surface area contributed by atoms with Gasteiger partial charge in [0, 0.05) is 47.7 Å². The molecule has 1 fully saturated rings. The van der Waals surface area contributed by atoms with E-state index in [-0.39, 0.29) is 0 Å². The van der Waals surface area contributed by atoms with E-state index < -0.39 is 0 Å². The maximum atomic E-state index is 5.75. The first-order valence-electron chi connectivity index (χ1n) is 12.6. The molecule has 35 heavy (non-hydrogen) atoms. The Morgan fingerprint density at radius 1 is 1.06 bits per heavy atom. The minimum atomic E-state index is 0.562. The molecule has 2 aromatic heterocycles. The molecule has 4 aromatic rings. The Balaban J connectivity index is 1.43. The van der Waals surface area contributed by atoms with Crippen molar-refractivity contribution in [3.8, 4) is 17.2 Å². The summed E-state index contributed by atoms with van der Waals surface area (Å²) in [6.07, 6.45) is 4.62. The van der Waals surface area contributed by atoms with Crippen molar-refractivity contribution >= 4 is 16.6 Å². The van der Waals surface area contributed by atoms with E-state index in [9.17, 15) is 0 Å². The summed E-state index contributed by atoms with van der Waals surface area (Å²) in [7, 11) is 1.71. The second-order valence-electron chi connectivity index (χ2n) is 9.76. The van der Waals surface area contributed by atoms with Crippen molar-refractivity contribution in [3.63, 3.8) is 0 Å². The number of methoxy groups -OCH3 is 1. The summed E-state index contributed by atoms with van der Waals surface area (Å²) in [5.41, 5.74) is 6.11. The molecule has 0 spiro atoms. The first-order valence-corrected chi connectivity index (χ1v) is 12.6. The predicted octanol–water partition coefficient (Wildman–Crippen LogP) is 5.61. The summed E-state index contributed by atoms with van der Waals surface area (Å²) in [5.74, 6) is 3.81. The lowest BCUT2D eigenvalue weighted by atomic mass is 9.77. The van der Waals surface area contributed by atoms with Gasteiger partial charge in [0.2, 0.25) is 0 Å². The molecule has 6 nitrogen and oxygen atoms in total. The summed E-state index contributed by atoms with van der Waals surface area (Å²) >= 11 is 0. The Hall–Kier alpha value is -3.54. The Labute approximate surface area is 206 Å². The quantitative estimate of drug-likeness (QED) is 0.381. The highest BCUT2D eigenvalue weighted by atomic mass is 16.5. The zero-order valence-electron chi connectivity index (χ0n) is 20.9. The van der Waals surface area contributed by atoms with E-state index >= 15 is 0 Å². The molecule has 1 aliphatic heterocycles. The van der Waals surface area contributed by atoms with Crippen LogP contribution in [0, 0.1) is 19.8 Å². The molecule has 0 bridgehead atoms. The van der Waals surface area contributed by atoms with E-state index in [2.05, 4.69) is 58.0 Å². The number of aryl methyl sites for hydroxylation is 3. The van der Waals surface area contributed by atoms with Gasteiger partial charge in [-0.25, -0.2) is 0 Å². The molecular formula is C29H32N4O2. The van der Waals surface area contributed by atoms with Gasteiger partial charge < -0.3 is 18.9 Å². The van der Waals surface area contributed by atoms with Crippen LogP contribution in [0.25, 0.3) is 16.5 Å². The predicted molar refractivity (Wildman–Crippen MR) is 139 cm³/mol. The van der Waals surface area contributed by atoms with E-state index in [4.69, 9.17) is 14.6 Å². The molecule has 2 unspecified atom stereocenters. The molecule has 0 radical (unpaired) electrons. The molecule has 2 atom stereocenters. The van der Waals surface area contributed by atoms with E-state index in [1.54, 1.807) is 7.11 Å². The average molecular weight is 469 g/mol. The molecule has 0 amide bonds. The zero-order chi connectivity index (χ0) is 24.1. The Morgan fingerprint density at radius 3 is 2.74 bits per heavy atom. The molecule has 180 valence electrons. The number of anilines is 1. The van der Waals surface area contributed by atoms with Gasteiger partial charge in [0.05, 0.1) is 25.1 Å². The fourth-order valence-corrected chi connectivity index (χ4v) is 6.21. The number of hydrogen-bond donors (Lipinski definition) is 0. The highest BCUT2D eigenvalue weighted by molar-refractivity contribution is 5.96. The SMILES string of the molecule is CCOc1ccc(-n2cc3c(N4CC5CCc6ccccc6C5C4)nnc(C)c3c2C)c(OC)c1. The molecular weight excluding hydrogens is 436 g/mol. The number of hydrogen-bond acceptors (Lipinski definition) is 5. The highest BCUT2D eigenvalue weighted by Gasteiger charge is 2.38. The van der Waals surface area contributed by atoms with Crippen molar-refractivity contribution in [2.24, 2.45) is 5.92 Å². The van der Waals surface area contributed by atoms with Crippen LogP contribution in [0.2, 0.25) is 0 Å². The number of nitrogens with zero attached hydrogens (tertiary/aromatic N) is 4. The van der Waals surface area contributed by atoms with E-state index in [1.807, 2.05) is 26.0 Å². The van der Waals surface area contributed by atoms with E-state index in [0.29, 0.717) is 18.4 Å². The van der Waals surface area contributed by atoms with Crippen LogP contribution < -0.4 is 14.4 Å². The van der Waals surface area contributed by atoms with Gasteiger partial charge in [-0.2, -0.15) is 5.10 Å². The summed E-state index contributed by atoms with van der Waals surface area (Å²) in [4.78, 5) is 2.46. The maximum Gasteiger partial charge on any atom is 0.160 e. The number of rotatable bonds is 5. The van der Waals surface area contributed by atoms with Gasteiger partial charge in [-0.15, -0.1) is 5.10 Å². The van der Waals surface area contributed by atoms with Crippen LogP contribution in [0.1, 0.15) is 41.8 Å². The summed E-state index contributed by atoms with van der Waals surface area (Å²) in [6.45, 7) is 8.83. The largest absolute Gasteiger partial charge is 0.494 e. The van der Waals surface area contributed by atoms with Crippen LogP contribution in [0.3, 0.4) is 0 Å². The number of benzene rings is 2. The lowest BCUT2D eigenvalue weighted by Gasteiger charge is -2.26. The van der Waals surface area contributed by atoms with E-state index in [1.165, 1.54) is 29.4 Å². The third-order valence-corrected chi connectivity index (χ3v) is 7.85. The Morgan fingerprint density at radius 2 is 1.91 bits per heavy atom. The molecule has 1 aliphatic carbocycles. The topological polar surface area (TPSA) is 52.4 Å². The lowest BCUT2D eigenvalue weighted by Crippen LogP contribution is -2.21. The molecule has 3 heterocycles. The normalized spacial score (nSPS) is 19.0. The number of ether oxygens (including phenoxy) is 2. The molecule has 0 saturated carbocycles. The summed E-state index contributed by atoms with van der Waals surface area (Å²) < 4.78 is 13.6. The van der Waals surface area contributed by atoms with Crippen molar-refractivity contribution in [2.75, 3.05) is 31.7 Å². The van der Waals surface area contributed by atoms with Crippen LogP contribution in [0.5, 0.6) is 11.5 Å². The molecule has 1 saturated heterocycles. The molecule has 6 heteroatoms. The number of fused-ring (bicyclic) bond motifs is 4. The van der Waals surface area contributed by atoms with Gasteiger partial charge in [-0.05, 0) is 62.8 Å². The van der Waals surface area contributed by atoms with Crippen LogP contribution in [-0.4, -0.2) is 41.6 Å². The zero-order valence-corrected chi connectivity index (χ0v) is 20.9. The van der Waals surface area contributed by atoms with Gasteiger partial charge in [0.15, 0.2) is 5.82 Å². The van der Waals surface area contributed by atoms with Crippen molar-refractivity contribution in [2.45, 2.75) is 39.5 Å². The average Bonchev–Trinajstić information content (AvgIpc) is 3.46. The fraction of sp³-hybridized carbons (Fsp3) is 0.379. The maximum absolute atomic E-state index is 5.75. The molecule has 6 rings (SSSR count). The smallest absolute Gasteiger partial charge is 0.160 e. The molecule has 0 N–H and O–H groups in total. The van der Waals surface area contributed by atoms with Crippen LogP contribution in [-0.2, 0) is 6.42 Å². The van der Waals surface area contributed by atoms with Crippen molar-refractivity contribution in [1.29, 1.82) is 0 Å².